The van der Waals surface area contributed by atoms with Crippen molar-refractivity contribution in [3.05, 3.63) is 15.5 Å². The molecule has 0 amide bonds. The van der Waals surface area contributed by atoms with Crippen LogP contribution in [0.5, 0.6) is 0 Å². The predicted molar refractivity (Wildman–Crippen MR) is 65.5 cm³/mol. The summed E-state index contributed by atoms with van der Waals surface area (Å²) in [5.74, 6) is 2.24. The quantitative estimate of drug-likeness (QED) is 0.840. The highest BCUT2D eigenvalue weighted by molar-refractivity contribution is 7.02. The molecule has 2 rings (SSSR count). The minimum absolute atomic E-state index is 0.0683. The largest absolute Gasteiger partial charge is 0.330 e. The van der Waals surface area contributed by atoms with E-state index >= 15 is 0 Å². The number of nitrogens with two attached hydrogens (primary N) is 1. The van der Waals surface area contributed by atoms with Gasteiger partial charge in [-0.15, -0.1) is 0 Å². The Morgan fingerprint density at radius 3 is 2.56 bits per heavy atom. The molecule has 5 heteroatoms. The molecule has 3 atom stereocenters. The summed E-state index contributed by atoms with van der Waals surface area (Å²) >= 11 is 0.997. The van der Waals surface area contributed by atoms with E-state index in [0.29, 0.717) is 18.4 Å². The summed E-state index contributed by atoms with van der Waals surface area (Å²) in [5, 5.41) is 0. The van der Waals surface area contributed by atoms with Crippen molar-refractivity contribution in [1.29, 1.82) is 0 Å². The lowest BCUT2D eigenvalue weighted by atomic mass is 9.81. The second-order valence-electron chi connectivity index (χ2n) is 5.29. The fourth-order valence-corrected chi connectivity index (χ4v) is 3.39. The Morgan fingerprint density at radius 1 is 1.50 bits per heavy atom. The molecule has 1 aromatic heterocycles. The second kappa shape index (κ2) is 4.30. The zero-order valence-corrected chi connectivity index (χ0v) is 10.6. The molecule has 0 bridgehead atoms. The van der Waals surface area contributed by atoms with Crippen LogP contribution in [0, 0.1) is 17.3 Å². The lowest BCUT2D eigenvalue weighted by molar-refractivity contribution is 0.286. The van der Waals surface area contributed by atoms with Gasteiger partial charge in [-0.1, -0.05) is 13.8 Å². The molecule has 0 saturated heterocycles. The Balaban J connectivity index is 2.14. The van der Waals surface area contributed by atoms with Crippen molar-refractivity contribution >= 4 is 11.5 Å². The zero-order chi connectivity index (χ0) is 11.8. The highest BCUT2D eigenvalue weighted by atomic mass is 32.1. The monoisotopic (exact) mass is 241 g/mol. The van der Waals surface area contributed by atoms with Crippen LogP contribution in [0.25, 0.3) is 0 Å². The van der Waals surface area contributed by atoms with Gasteiger partial charge in [-0.2, -0.15) is 4.37 Å². The third kappa shape index (κ3) is 2.20. The van der Waals surface area contributed by atoms with E-state index in [0.717, 1.165) is 36.6 Å². The number of aromatic amines is 1. The van der Waals surface area contributed by atoms with Gasteiger partial charge in [-0.25, -0.2) is 0 Å². The summed E-state index contributed by atoms with van der Waals surface area (Å²) in [7, 11) is 0. The smallest absolute Gasteiger partial charge is 0.323 e. The number of nitrogens with zero attached hydrogens (tertiary/aromatic N) is 1. The van der Waals surface area contributed by atoms with Gasteiger partial charge in [0.05, 0.1) is 0 Å². The van der Waals surface area contributed by atoms with Crippen LogP contribution in [0.2, 0.25) is 0 Å². The maximum atomic E-state index is 11.1. The standard InChI is InChI=1S/C11H19N3OS/c1-7-3-11(6-12,4-8(7)2)5-9-13-10(15)16-14-9/h7-8H,3-6,12H2,1-2H3,(H,13,14,15)/t7-,8+,11?. The first kappa shape index (κ1) is 11.8. The van der Waals surface area contributed by atoms with Gasteiger partial charge in [0.1, 0.15) is 5.82 Å². The Labute approximate surface area is 99.4 Å². The van der Waals surface area contributed by atoms with Gasteiger partial charge in [-0.05, 0) is 36.6 Å². The molecular weight excluding hydrogens is 222 g/mol. The molecule has 0 radical (unpaired) electrons. The maximum absolute atomic E-state index is 11.1. The molecule has 1 heterocycles. The van der Waals surface area contributed by atoms with Crippen molar-refractivity contribution in [2.24, 2.45) is 23.0 Å². The average Bonchev–Trinajstić information content (AvgIpc) is 2.74. The first-order valence-electron chi connectivity index (χ1n) is 5.79. The Morgan fingerprint density at radius 2 is 2.12 bits per heavy atom. The Kier molecular flexibility index (Phi) is 3.17. The highest BCUT2D eigenvalue weighted by Gasteiger charge is 2.41. The van der Waals surface area contributed by atoms with Gasteiger partial charge >= 0.3 is 4.87 Å². The molecule has 0 aliphatic heterocycles. The van der Waals surface area contributed by atoms with E-state index in [2.05, 4.69) is 23.2 Å². The maximum Gasteiger partial charge on any atom is 0.323 e. The number of nitrogens with one attached hydrogen (secondary N) is 1. The van der Waals surface area contributed by atoms with Crippen molar-refractivity contribution in [2.45, 2.75) is 33.1 Å². The van der Waals surface area contributed by atoms with E-state index in [1.54, 1.807) is 0 Å². The van der Waals surface area contributed by atoms with Crippen LogP contribution < -0.4 is 10.6 Å². The van der Waals surface area contributed by atoms with Crippen molar-refractivity contribution in [3.63, 3.8) is 0 Å². The Hall–Kier alpha value is -0.680. The topological polar surface area (TPSA) is 71.8 Å². The summed E-state index contributed by atoms with van der Waals surface area (Å²) in [6.45, 7) is 5.25. The van der Waals surface area contributed by atoms with Crippen molar-refractivity contribution in [1.82, 2.24) is 9.36 Å². The van der Waals surface area contributed by atoms with Crippen LogP contribution in [-0.2, 0) is 6.42 Å². The average molecular weight is 241 g/mol. The molecule has 1 saturated carbocycles. The zero-order valence-electron chi connectivity index (χ0n) is 9.82. The molecule has 3 N–H and O–H groups in total. The van der Waals surface area contributed by atoms with Gasteiger partial charge in [0.15, 0.2) is 0 Å². The van der Waals surface area contributed by atoms with Crippen LogP contribution in [0.3, 0.4) is 0 Å². The molecule has 1 fully saturated rings. The number of aromatic nitrogens is 2. The van der Waals surface area contributed by atoms with E-state index < -0.39 is 0 Å². The van der Waals surface area contributed by atoms with Gasteiger partial charge < -0.3 is 5.73 Å². The Bertz CT molecular complexity index is 401. The highest BCUT2D eigenvalue weighted by Crippen LogP contribution is 2.46. The lowest BCUT2D eigenvalue weighted by Gasteiger charge is -2.26. The van der Waals surface area contributed by atoms with Gasteiger partial charge in [0.2, 0.25) is 0 Å². The molecule has 90 valence electrons. The first-order chi connectivity index (χ1) is 7.54. The summed E-state index contributed by atoms with van der Waals surface area (Å²) in [6, 6.07) is 0. The van der Waals surface area contributed by atoms with Crippen molar-refractivity contribution < 1.29 is 0 Å². The summed E-state index contributed by atoms with van der Waals surface area (Å²) in [6.07, 6.45) is 3.10. The van der Waals surface area contributed by atoms with Crippen LogP contribution in [0.4, 0.5) is 0 Å². The number of hydrogen-bond acceptors (Lipinski definition) is 4. The fourth-order valence-electron chi connectivity index (χ4n) is 2.93. The van der Waals surface area contributed by atoms with E-state index in [4.69, 9.17) is 5.73 Å². The molecule has 1 aromatic rings. The first-order valence-corrected chi connectivity index (χ1v) is 6.57. The van der Waals surface area contributed by atoms with E-state index in [-0.39, 0.29) is 10.3 Å². The summed E-state index contributed by atoms with van der Waals surface area (Å²) in [5.41, 5.74) is 6.08. The second-order valence-corrected chi connectivity index (χ2v) is 6.02. The van der Waals surface area contributed by atoms with Crippen molar-refractivity contribution in [3.8, 4) is 0 Å². The van der Waals surface area contributed by atoms with E-state index in [9.17, 15) is 4.79 Å². The van der Waals surface area contributed by atoms with E-state index in [1.165, 1.54) is 0 Å². The van der Waals surface area contributed by atoms with Crippen LogP contribution >= 0.6 is 11.5 Å². The summed E-state index contributed by atoms with van der Waals surface area (Å²) < 4.78 is 4.14. The molecule has 1 aliphatic rings. The lowest BCUT2D eigenvalue weighted by Crippen LogP contribution is -2.31. The normalized spacial score (nSPS) is 34.4. The molecule has 1 unspecified atom stereocenters. The minimum Gasteiger partial charge on any atom is -0.330 e. The summed E-state index contributed by atoms with van der Waals surface area (Å²) in [4.78, 5) is 13.8. The third-order valence-corrected chi connectivity index (χ3v) is 4.52. The third-order valence-electron chi connectivity index (χ3n) is 3.94. The fraction of sp³-hybridized carbons (Fsp3) is 0.818. The van der Waals surface area contributed by atoms with Gasteiger partial charge in [-0.3, -0.25) is 9.78 Å². The minimum atomic E-state index is -0.0683. The number of hydrogen-bond donors (Lipinski definition) is 2. The molecule has 0 spiro atoms. The number of rotatable bonds is 3. The SMILES string of the molecule is C[C@@H]1CC(CN)(Cc2nsc(=O)[nH]2)C[C@@H]1C. The molecule has 1 aliphatic carbocycles. The van der Waals surface area contributed by atoms with Gasteiger partial charge in [0.25, 0.3) is 0 Å². The van der Waals surface area contributed by atoms with Crippen LogP contribution in [0.15, 0.2) is 4.79 Å². The number of H-pyrrole nitrogens is 1. The predicted octanol–water partition coefficient (Wildman–Crippen LogP) is 1.39. The van der Waals surface area contributed by atoms with Crippen LogP contribution in [0.1, 0.15) is 32.5 Å². The van der Waals surface area contributed by atoms with Crippen LogP contribution in [-0.4, -0.2) is 15.9 Å². The molecular formula is C11H19N3OS. The van der Waals surface area contributed by atoms with Gasteiger partial charge in [0, 0.05) is 18.0 Å². The van der Waals surface area contributed by atoms with E-state index in [1.807, 2.05) is 0 Å². The molecule has 16 heavy (non-hydrogen) atoms. The molecule has 0 aromatic carbocycles. The molecule has 4 nitrogen and oxygen atoms in total. The van der Waals surface area contributed by atoms with Crippen molar-refractivity contribution in [2.75, 3.05) is 6.54 Å².